The van der Waals surface area contributed by atoms with E-state index in [9.17, 15) is 0 Å². The van der Waals surface area contributed by atoms with Crippen LogP contribution in [-0.2, 0) is 0 Å². The highest BCUT2D eigenvalue weighted by atomic mass is 15.2. The minimum absolute atomic E-state index is 0.499. The molecule has 2 N–H and O–H groups in total. The van der Waals surface area contributed by atoms with Gasteiger partial charge in [-0.05, 0) is 62.9 Å². The van der Waals surface area contributed by atoms with Gasteiger partial charge in [-0.1, -0.05) is 0 Å². The summed E-state index contributed by atoms with van der Waals surface area (Å²) in [6.07, 6.45) is 7.58. The minimum atomic E-state index is 0.499. The van der Waals surface area contributed by atoms with Crippen LogP contribution in [0, 0.1) is 5.92 Å². The highest BCUT2D eigenvalue weighted by molar-refractivity contribution is 5.14. The Balaban J connectivity index is 1.97. The Kier molecular flexibility index (Phi) is 4.51. The van der Waals surface area contributed by atoms with E-state index in [0.717, 1.165) is 12.5 Å². The van der Waals surface area contributed by atoms with E-state index in [1.165, 1.54) is 37.9 Å². The molecule has 3 heteroatoms. The fraction of sp³-hybridized carbons (Fsp3) is 0.643. The van der Waals surface area contributed by atoms with Crippen LogP contribution in [0.1, 0.15) is 37.8 Å². The molecule has 0 bridgehead atoms. The van der Waals surface area contributed by atoms with Crippen LogP contribution in [-0.4, -0.2) is 29.5 Å². The molecule has 0 saturated carbocycles. The van der Waals surface area contributed by atoms with Gasteiger partial charge >= 0.3 is 0 Å². The minimum Gasteiger partial charge on any atom is -0.330 e. The van der Waals surface area contributed by atoms with Gasteiger partial charge < -0.3 is 5.73 Å². The molecular weight excluding hydrogens is 210 g/mol. The molecule has 0 aromatic carbocycles. The predicted octanol–water partition coefficient (Wildman–Crippen LogP) is 2.20. The number of likely N-dealkylation sites (tertiary alicyclic amines) is 1. The zero-order valence-corrected chi connectivity index (χ0v) is 10.7. The number of hydrogen-bond donors (Lipinski definition) is 1. The predicted molar refractivity (Wildman–Crippen MR) is 70.6 cm³/mol. The van der Waals surface area contributed by atoms with Crippen molar-refractivity contribution in [2.24, 2.45) is 11.7 Å². The number of piperidine rings is 1. The molecule has 2 unspecified atom stereocenters. The van der Waals surface area contributed by atoms with Crippen LogP contribution in [0.3, 0.4) is 0 Å². The fourth-order valence-corrected chi connectivity index (χ4v) is 2.77. The molecular formula is C14H23N3. The Morgan fingerprint density at radius 2 is 2.24 bits per heavy atom. The van der Waals surface area contributed by atoms with Crippen LogP contribution in [0.4, 0.5) is 0 Å². The fourth-order valence-electron chi connectivity index (χ4n) is 2.77. The summed E-state index contributed by atoms with van der Waals surface area (Å²) >= 11 is 0. The lowest BCUT2D eigenvalue weighted by atomic mass is 9.93. The van der Waals surface area contributed by atoms with Crippen LogP contribution < -0.4 is 5.73 Å². The third-order valence-electron chi connectivity index (χ3n) is 3.86. The number of pyridine rings is 1. The van der Waals surface area contributed by atoms with Crippen LogP contribution in [0.5, 0.6) is 0 Å². The quantitative estimate of drug-likeness (QED) is 0.867. The van der Waals surface area contributed by atoms with Gasteiger partial charge in [0.15, 0.2) is 0 Å². The van der Waals surface area contributed by atoms with E-state index in [4.69, 9.17) is 5.73 Å². The molecule has 3 nitrogen and oxygen atoms in total. The number of nitrogens with zero attached hydrogens (tertiary/aromatic N) is 2. The third kappa shape index (κ3) is 3.27. The van der Waals surface area contributed by atoms with Gasteiger partial charge in [0.1, 0.15) is 0 Å². The van der Waals surface area contributed by atoms with E-state index in [-0.39, 0.29) is 0 Å². The number of hydrogen-bond acceptors (Lipinski definition) is 3. The van der Waals surface area contributed by atoms with Gasteiger partial charge in [0.25, 0.3) is 0 Å². The Labute approximate surface area is 104 Å². The van der Waals surface area contributed by atoms with Gasteiger partial charge in [-0.15, -0.1) is 0 Å². The normalized spacial score (nSPS) is 23.5. The van der Waals surface area contributed by atoms with Crippen molar-refractivity contribution >= 4 is 0 Å². The molecule has 1 aromatic rings. The van der Waals surface area contributed by atoms with Crippen LogP contribution in [0.25, 0.3) is 0 Å². The summed E-state index contributed by atoms with van der Waals surface area (Å²) in [6, 6.07) is 4.74. The summed E-state index contributed by atoms with van der Waals surface area (Å²) in [5, 5.41) is 0. The summed E-state index contributed by atoms with van der Waals surface area (Å²) in [4.78, 5) is 6.66. The SMILES string of the molecule is CC(c1ccncc1)N1CCCC(CCN)C1. The molecule has 1 aromatic heterocycles. The highest BCUT2D eigenvalue weighted by Crippen LogP contribution is 2.27. The summed E-state index contributed by atoms with van der Waals surface area (Å²) < 4.78 is 0. The van der Waals surface area contributed by atoms with E-state index >= 15 is 0 Å². The maximum atomic E-state index is 5.67. The van der Waals surface area contributed by atoms with Gasteiger partial charge in [0.2, 0.25) is 0 Å². The zero-order chi connectivity index (χ0) is 12.1. The third-order valence-corrected chi connectivity index (χ3v) is 3.86. The van der Waals surface area contributed by atoms with E-state index in [2.05, 4.69) is 28.9 Å². The average molecular weight is 233 g/mol. The van der Waals surface area contributed by atoms with Crippen molar-refractivity contribution in [2.45, 2.75) is 32.2 Å². The van der Waals surface area contributed by atoms with Gasteiger partial charge in [0, 0.05) is 25.0 Å². The topological polar surface area (TPSA) is 42.2 Å². The maximum Gasteiger partial charge on any atom is 0.0321 e. The molecule has 0 aliphatic carbocycles. The Morgan fingerprint density at radius 3 is 2.94 bits per heavy atom. The lowest BCUT2D eigenvalue weighted by Gasteiger charge is -2.37. The van der Waals surface area contributed by atoms with E-state index < -0.39 is 0 Å². The first-order valence-electron chi connectivity index (χ1n) is 6.65. The first-order chi connectivity index (χ1) is 8.31. The molecule has 94 valence electrons. The summed E-state index contributed by atoms with van der Waals surface area (Å²) in [5.41, 5.74) is 7.03. The lowest BCUT2D eigenvalue weighted by molar-refractivity contribution is 0.128. The summed E-state index contributed by atoms with van der Waals surface area (Å²) in [6.45, 7) is 5.52. The van der Waals surface area contributed by atoms with E-state index in [1.54, 1.807) is 0 Å². The van der Waals surface area contributed by atoms with Crippen LogP contribution >= 0.6 is 0 Å². The first kappa shape index (κ1) is 12.5. The van der Waals surface area contributed by atoms with Crippen LogP contribution in [0.15, 0.2) is 24.5 Å². The summed E-state index contributed by atoms with van der Waals surface area (Å²) in [5.74, 6) is 0.790. The Hall–Kier alpha value is -0.930. The van der Waals surface area contributed by atoms with Gasteiger partial charge in [-0.25, -0.2) is 0 Å². The molecule has 17 heavy (non-hydrogen) atoms. The standard InChI is InChI=1S/C14H23N3/c1-12(14-5-8-16-9-6-14)17-10-2-3-13(11-17)4-7-15/h5-6,8-9,12-13H,2-4,7,10-11,15H2,1H3. The second-order valence-corrected chi connectivity index (χ2v) is 5.04. The summed E-state index contributed by atoms with van der Waals surface area (Å²) in [7, 11) is 0. The van der Waals surface area contributed by atoms with E-state index in [1.807, 2.05) is 12.4 Å². The Bertz CT molecular complexity index is 323. The van der Waals surface area contributed by atoms with Crippen LogP contribution in [0.2, 0.25) is 0 Å². The molecule has 1 fully saturated rings. The molecule has 0 radical (unpaired) electrons. The van der Waals surface area contributed by atoms with Gasteiger partial charge in [-0.3, -0.25) is 9.88 Å². The molecule has 2 heterocycles. The molecule has 1 aliphatic heterocycles. The first-order valence-corrected chi connectivity index (χ1v) is 6.65. The number of nitrogens with two attached hydrogens (primary N) is 1. The van der Waals surface area contributed by atoms with Crippen molar-refractivity contribution < 1.29 is 0 Å². The smallest absolute Gasteiger partial charge is 0.0321 e. The molecule has 1 saturated heterocycles. The van der Waals surface area contributed by atoms with Crippen molar-refractivity contribution in [3.8, 4) is 0 Å². The number of rotatable bonds is 4. The highest BCUT2D eigenvalue weighted by Gasteiger charge is 2.23. The lowest BCUT2D eigenvalue weighted by Crippen LogP contribution is -2.37. The van der Waals surface area contributed by atoms with Gasteiger partial charge in [0.05, 0.1) is 0 Å². The Morgan fingerprint density at radius 1 is 1.47 bits per heavy atom. The zero-order valence-electron chi connectivity index (χ0n) is 10.7. The molecule has 2 atom stereocenters. The largest absolute Gasteiger partial charge is 0.330 e. The average Bonchev–Trinajstić information content (AvgIpc) is 2.40. The second-order valence-electron chi connectivity index (χ2n) is 5.04. The monoisotopic (exact) mass is 233 g/mol. The van der Waals surface area contributed by atoms with Crippen molar-refractivity contribution in [1.82, 2.24) is 9.88 Å². The number of aromatic nitrogens is 1. The van der Waals surface area contributed by atoms with Crippen molar-refractivity contribution in [1.29, 1.82) is 0 Å². The molecule has 0 spiro atoms. The van der Waals surface area contributed by atoms with E-state index in [0.29, 0.717) is 6.04 Å². The maximum absolute atomic E-state index is 5.67. The molecule has 0 amide bonds. The second kappa shape index (κ2) is 6.12. The van der Waals surface area contributed by atoms with Gasteiger partial charge in [-0.2, -0.15) is 0 Å². The van der Waals surface area contributed by atoms with Crippen molar-refractivity contribution in [2.75, 3.05) is 19.6 Å². The van der Waals surface area contributed by atoms with Crippen molar-refractivity contribution in [3.05, 3.63) is 30.1 Å². The molecule has 2 rings (SSSR count). The van der Waals surface area contributed by atoms with Crippen molar-refractivity contribution in [3.63, 3.8) is 0 Å². The molecule has 1 aliphatic rings.